The van der Waals surface area contributed by atoms with Crippen LogP contribution in [0.25, 0.3) is 0 Å². The van der Waals surface area contributed by atoms with Crippen LogP contribution in [0.15, 0.2) is 12.5 Å². The Morgan fingerprint density at radius 1 is 1.33 bits per heavy atom. The summed E-state index contributed by atoms with van der Waals surface area (Å²) in [5, 5.41) is 3.57. The predicted molar refractivity (Wildman–Crippen MR) is 72.4 cm³/mol. The van der Waals surface area contributed by atoms with Gasteiger partial charge < -0.3 is 14.8 Å². The second kappa shape index (κ2) is 5.41. The Bertz CT molecular complexity index is 373. The van der Waals surface area contributed by atoms with Gasteiger partial charge in [0.15, 0.2) is 0 Å². The number of piperidine rings is 1. The van der Waals surface area contributed by atoms with Gasteiger partial charge in [0.05, 0.1) is 12.0 Å². The second-order valence-corrected chi connectivity index (χ2v) is 5.87. The van der Waals surface area contributed by atoms with Gasteiger partial charge in [-0.05, 0) is 58.3 Å². The molecule has 2 aliphatic heterocycles. The molecule has 2 fully saturated rings. The zero-order valence-electron chi connectivity index (χ0n) is 11.3. The molecule has 0 spiro atoms. The molecule has 2 saturated heterocycles. The predicted octanol–water partition coefficient (Wildman–Crippen LogP) is 1.65. The molecule has 1 atom stereocenters. The molecular weight excluding hydrogens is 224 g/mol. The van der Waals surface area contributed by atoms with Gasteiger partial charge in [-0.1, -0.05) is 0 Å². The van der Waals surface area contributed by atoms with Crippen LogP contribution in [-0.2, 0) is 6.54 Å². The molecule has 18 heavy (non-hydrogen) atoms. The Labute approximate surface area is 109 Å². The van der Waals surface area contributed by atoms with Crippen molar-refractivity contribution >= 4 is 0 Å². The highest BCUT2D eigenvalue weighted by Gasteiger charge is 2.22. The number of nitrogens with zero attached hydrogens (tertiary/aromatic N) is 3. The minimum Gasteiger partial charge on any atom is -0.333 e. The van der Waals surface area contributed by atoms with E-state index in [1.807, 2.05) is 6.33 Å². The van der Waals surface area contributed by atoms with Gasteiger partial charge in [-0.15, -0.1) is 0 Å². The van der Waals surface area contributed by atoms with Gasteiger partial charge in [-0.25, -0.2) is 4.98 Å². The fraction of sp³-hybridized carbons (Fsp3) is 0.786. The molecule has 4 nitrogen and oxygen atoms in total. The van der Waals surface area contributed by atoms with Crippen molar-refractivity contribution in [2.24, 2.45) is 5.92 Å². The van der Waals surface area contributed by atoms with Gasteiger partial charge in [0.25, 0.3) is 0 Å². The van der Waals surface area contributed by atoms with E-state index in [0.29, 0.717) is 6.04 Å². The third-order valence-electron chi connectivity index (χ3n) is 4.45. The van der Waals surface area contributed by atoms with E-state index in [2.05, 4.69) is 33.0 Å². The first-order chi connectivity index (χ1) is 8.83. The summed E-state index contributed by atoms with van der Waals surface area (Å²) in [6.45, 7) is 4.80. The molecule has 3 heterocycles. The van der Waals surface area contributed by atoms with Crippen molar-refractivity contribution in [1.82, 2.24) is 19.8 Å². The van der Waals surface area contributed by atoms with Gasteiger partial charge in [-0.3, -0.25) is 0 Å². The number of nitrogens with one attached hydrogen (secondary N) is 1. The number of hydrogen-bond donors (Lipinski definition) is 1. The fourth-order valence-electron chi connectivity index (χ4n) is 3.23. The Morgan fingerprint density at radius 3 is 2.89 bits per heavy atom. The van der Waals surface area contributed by atoms with Crippen LogP contribution >= 0.6 is 0 Å². The summed E-state index contributed by atoms with van der Waals surface area (Å²) in [5.41, 5.74) is 1.39. The average molecular weight is 248 g/mol. The van der Waals surface area contributed by atoms with Gasteiger partial charge in [0, 0.05) is 18.8 Å². The van der Waals surface area contributed by atoms with Crippen LogP contribution in [0.2, 0.25) is 0 Å². The summed E-state index contributed by atoms with van der Waals surface area (Å²) >= 11 is 0. The largest absolute Gasteiger partial charge is 0.333 e. The summed E-state index contributed by atoms with van der Waals surface area (Å²) in [5.74, 6) is 0.829. The van der Waals surface area contributed by atoms with Crippen molar-refractivity contribution in [3.63, 3.8) is 0 Å². The molecular formula is C14H24N4. The zero-order valence-corrected chi connectivity index (χ0v) is 11.3. The summed E-state index contributed by atoms with van der Waals surface area (Å²) in [6.07, 6.45) is 9.28. The van der Waals surface area contributed by atoms with Crippen LogP contribution in [0.5, 0.6) is 0 Å². The molecule has 4 heteroatoms. The monoisotopic (exact) mass is 248 g/mol. The third-order valence-corrected chi connectivity index (χ3v) is 4.45. The highest BCUT2D eigenvalue weighted by atomic mass is 15.1. The Kier molecular flexibility index (Phi) is 3.66. The van der Waals surface area contributed by atoms with Crippen LogP contribution in [-0.4, -0.2) is 41.1 Å². The molecule has 0 aromatic carbocycles. The van der Waals surface area contributed by atoms with Crippen LogP contribution in [0, 0.1) is 5.92 Å². The van der Waals surface area contributed by atoms with Gasteiger partial charge >= 0.3 is 0 Å². The molecule has 0 radical (unpaired) electrons. The number of hydrogen-bond acceptors (Lipinski definition) is 3. The number of imidazole rings is 1. The SMILES string of the molecule is CN1CCC(Cn2cncc2C2CCCN2)CC1. The van der Waals surface area contributed by atoms with E-state index in [-0.39, 0.29) is 0 Å². The molecule has 1 aromatic rings. The van der Waals surface area contributed by atoms with Crippen LogP contribution in [0.3, 0.4) is 0 Å². The van der Waals surface area contributed by atoms with Crippen molar-refractivity contribution in [3.05, 3.63) is 18.2 Å². The fourth-order valence-corrected chi connectivity index (χ4v) is 3.23. The van der Waals surface area contributed by atoms with Gasteiger partial charge in [0.2, 0.25) is 0 Å². The first-order valence-electron chi connectivity index (χ1n) is 7.25. The Morgan fingerprint density at radius 2 is 2.17 bits per heavy atom. The Hall–Kier alpha value is -0.870. The van der Waals surface area contributed by atoms with E-state index in [9.17, 15) is 0 Å². The van der Waals surface area contributed by atoms with Crippen molar-refractivity contribution in [2.75, 3.05) is 26.7 Å². The lowest BCUT2D eigenvalue weighted by Gasteiger charge is -2.29. The normalized spacial score (nSPS) is 26.8. The van der Waals surface area contributed by atoms with Crippen molar-refractivity contribution in [3.8, 4) is 0 Å². The van der Waals surface area contributed by atoms with Crippen molar-refractivity contribution in [2.45, 2.75) is 38.3 Å². The molecule has 0 aliphatic carbocycles. The summed E-state index contributed by atoms with van der Waals surface area (Å²) in [7, 11) is 2.22. The van der Waals surface area contributed by atoms with E-state index < -0.39 is 0 Å². The molecule has 0 amide bonds. The van der Waals surface area contributed by atoms with Crippen molar-refractivity contribution in [1.29, 1.82) is 0 Å². The zero-order chi connectivity index (χ0) is 12.4. The summed E-state index contributed by atoms with van der Waals surface area (Å²) < 4.78 is 2.39. The number of likely N-dealkylation sites (tertiary alicyclic amines) is 1. The third kappa shape index (κ3) is 2.59. The van der Waals surface area contributed by atoms with E-state index in [4.69, 9.17) is 0 Å². The maximum atomic E-state index is 4.36. The van der Waals surface area contributed by atoms with E-state index in [1.54, 1.807) is 0 Å². The first-order valence-corrected chi connectivity index (χ1v) is 7.25. The lowest BCUT2D eigenvalue weighted by molar-refractivity contribution is 0.203. The van der Waals surface area contributed by atoms with E-state index >= 15 is 0 Å². The summed E-state index contributed by atoms with van der Waals surface area (Å²) in [4.78, 5) is 6.79. The molecule has 0 saturated carbocycles. The average Bonchev–Trinajstić information content (AvgIpc) is 3.02. The number of rotatable bonds is 3. The van der Waals surface area contributed by atoms with Crippen LogP contribution in [0.1, 0.15) is 37.4 Å². The highest BCUT2D eigenvalue weighted by molar-refractivity contribution is 5.07. The maximum Gasteiger partial charge on any atom is 0.0948 e. The highest BCUT2D eigenvalue weighted by Crippen LogP contribution is 2.25. The van der Waals surface area contributed by atoms with Gasteiger partial charge in [-0.2, -0.15) is 0 Å². The standard InChI is InChI=1S/C14H24N4/c1-17-7-4-12(5-8-17)10-18-11-15-9-14(18)13-3-2-6-16-13/h9,11-13,16H,2-8,10H2,1H3. The smallest absolute Gasteiger partial charge is 0.0948 e. The second-order valence-electron chi connectivity index (χ2n) is 5.87. The molecule has 1 unspecified atom stereocenters. The van der Waals surface area contributed by atoms with Crippen LogP contribution < -0.4 is 5.32 Å². The van der Waals surface area contributed by atoms with Crippen molar-refractivity contribution < 1.29 is 0 Å². The maximum absolute atomic E-state index is 4.36. The lowest BCUT2D eigenvalue weighted by Crippen LogP contribution is -2.32. The minimum atomic E-state index is 0.541. The molecule has 2 aliphatic rings. The van der Waals surface area contributed by atoms with E-state index in [1.165, 1.54) is 44.5 Å². The summed E-state index contributed by atoms with van der Waals surface area (Å²) in [6, 6.07) is 0.541. The molecule has 3 rings (SSSR count). The molecule has 1 N–H and O–H groups in total. The first kappa shape index (κ1) is 12.2. The lowest BCUT2D eigenvalue weighted by atomic mass is 9.97. The molecule has 1 aromatic heterocycles. The quantitative estimate of drug-likeness (QED) is 0.883. The molecule has 100 valence electrons. The topological polar surface area (TPSA) is 33.1 Å². The van der Waals surface area contributed by atoms with Gasteiger partial charge in [0.1, 0.15) is 0 Å². The minimum absolute atomic E-state index is 0.541. The van der Waals surface area contributed by atoms with Crippen LogP contribution in [0.4, 0.5) is 0 Å². The van der Waals surface area contributed by atoms with E-state index in [0.717, 1.165) is 19.0 Å². The Balaban J connectivity index is 1.64. The number of aromatic nitrogens is 2. The molecule has 0 bridgehead atoms.